The maximum atomic E-state index is 12.2. The molecule has 0 radical (unpaired) electrons. The smallest absolute Gasteiger partial charge is 0.336 e. The third-order valence-electron chi connectivity index (χ3n) is 6.41. The molecule has 35 heavy (non-hydrogen) atoms. The SMILES string of the molecule is N/N=c1/ccc2c(ccc3c(-c4ccccc4C(=O)O)c4ccc5cc(NN)ccc5c4oc32)c1. The summed E-state index contributed by atoms with van der Waals surface area (Å²) in [7, 11) is 0. The monoisotopic (exact) mass is 460 g/mol. The predicted molar refractivity (Wildman–Crippen MR) is 139 cm³/mol. The van der Waals surface area contributed by atoms with Crippen molar-refractivity contribution in [2.75, 3.05) is 5.43 Å². The minimum atomic E-state index is -0.989. The van der Waals surface area contributed by atoms with E-state index in [0.717, 1.165) is 43.6 Å². The molecule has 0 atom stereocenters. The van der Waals surface area contributed by atoms with Crippen molar-refractivity contribution in [3.63, 3.8) is 0 Å². The number of benzene rings is 5. The van der Waals surface area contributed by atoms with Gasteiger partial charge in [-0.25, -0.2) is 4.79 Å². The van der Waals surface area contributed by atoms with E-state index in [-0.39, 0.29) is 5.56 Å². The first-order chi connectivity index (χ1) is 17.1. The van der Waals surface area contributed by atoms with E-state index in [4.69, 9.17) is 16.1 Å². The number of nitrogens with zero attached hydrogens (tertiary/aromatic N) is 1. The molecule has 0 fully saturated rings. The van der Waals surface area contributed by atoms with E-state index in [2.05, 4.69) is 10.5 Å². The summed E-state index contributed by atoms with van der Waals surface area (Å²) in [6.45, 7) is 0. The molecule has 0 spiro atoms. The first-order valence-electron chi connectivity index (χ1n) is 11.0. The molecular formula is C28H20N4O3. The molecule has 7 nitrogen and oxygen atoms in total. The first-order valence-corrected chi connectivity index (χ1v) is 11.0. The van der Waals surface area contributed by atoms with Gasteiger partial charge in [-0.05, 0) is 70.9 Å². The van der Waals surface area contributed by atoms with E-state index >= 15 is 0 Å². The quantitative estimate of drug-likeness (QED) is 0.123. The Morgan fingerprint density at radius 2 is 1.43 bits per heavy atom. The van der Waals surface area contributed by atoms with Gasteiger partial charge in [-0.1, -0.05) is 30.3 Å². The zero-order chi connectivity index (χ0) is 24.1. The van der Waals surface area contributed by atoms with Gasteiger partial charge in [0, 0.05) is 32.8 Å². The van der Waals surface area contributed by atoms with Crippen LogP contribution in [0.15, 0.2) is 94.4 Å². The van der Waals surface area contributed by atoms with Crippen LogP contribution in [0.5, 0.6) is 0 Å². The number of anilines is 1. The number of fused-ring (bicyclic) bond motifs is 6. The highest BCUT2D eigenvalue weighted by Crippen LogP contribution is 2.42. The van der Waals surface area contributed by atoms with E-state index in [1.807, 2.05) is 72.8 Å². The number of hydrazine groups is 1. The fourth-order valence-corrected chi connectivity index (χ4v) is 4.80. The summed E-state index contributed by atoms with van der Waals surface area (Å²) in [6, 6.07) is 26.3. The third kappa shape index (κ3) is 3.18. The Hall–Kier alpha value is -4.88. The second kappa shape index (κ2) is 7.86. The topological polar surface area (TPSA) is 127 Å². The summed E-state index contributed by atoms with van der Waals surface area (Å²) in [6.07, 6.45) is 0. The number of carbonyl (C=O) groups is 1. The zero-order valence-corrected chi connectivity index (χ0v) is 18.4. The van der Waals surface area contributed by atoms with Gasteiger partial charge in [-0.15, -0.1) is 0 Å². The zero-order valence-electron chi connectivity index (χ0n) is 18.4. The van der Waals surface area contributed by atoms with Crippen LogP contribution in [-0.2, 0) is 0 Å². The van der Waals surface area contributed by atoms with Crippen LogP contribution in [0.4, 0.5) is 5.69 Å². The summed E-state index contributed by atoms with van der Waals surface area (Å²) < 4.78 is 6.62. The van der Waals surface area contributed by atoms with E-state index in [0.29, 0.717) is 22.1 Å². The Morgan fingerprint density at radius 1 is 0.800 bits per heavy atom. The number of hydrogen-bond acceptors (Lipinski definition) is 6. The fourth-order valence-electron chi connectivity index (χ4n) is 4.80. The molecule has 0 aliphatic rings. The van der Waals surface area contributed by atoms with Crippen molar-refractivity contribution in [2.24, 2.45) is 16.8 Å². The van der Waals surface area contributed by atoms with Crippen molar-refractivity contribution in [2.45, 2.75) is 0 Å². The number of nitrogens with one attached hydrogen (secondary N) is 1. The molecule has 0 aliphatic carbocycles. The number of carboxylic acids is 1. The lowest BCUT2D eigenvalue weighted by atomic mass is 9.91. The van der Waals surface area contributed by atoms with E-state index in [1.54, 1.807) is 12.1 Å². The second-order valence-corrected chi connectivity index (χ2v) is 8.33. The van der Waals surface area contributed by atoms with Crippen molar-refractivity contribution in [3.8, 4) is 11.1 Å². The van der Waals surface area contributed by atoms with Gasteiger partial charge in [0.25, 0.3) is 0 Å². The lowest BCUT2D eigenvalue weighted by Crippen LogP contribution is -2.06. The maximum absolute atomic E-state index is 12.2. The molecule has 0 unspecified atom stereocenters. The minimum absolute atomic E-state index is 0.224. The molecule has 0 aliphatic heterocycles. The largest absolute Gasteiger partial charge is 0.478 e. The van der Waals surface area contributed by atoms with Gasteiger partial charge in [0.1, 0.15) is 11.2 Å². The molecule has 0 bridgehead atoms. The highest BCUT2D eigenvalue weighted by molar-refractivity contribution is 6.20. The lowest BCUT2D eigenvalue weighted by molar-refractivity contribution is 0.0697. The molecule has 0 saturated carbocycles. The van der Waals surface area contributed by atoms with Gasteiger partial charge < -0.3 is 20.8 Å². The Balaban J connectivity index is 1.86. The number of nitrogen functional groups attached to an aromatic ring is 1. The number of aromatic carboxylic acids is 1. The lowest BCUT2D eigenvalue weighted by Gasteiger charge is -2.16. The van der Waals surface area contributed by atoms with Crippen molar-refractivity contribution < 1.29 is 14.3 Å². The van der Waals surface area contributed by atoms with Gasteiger partial charge in [-0.2, -0.15) is 5.10 Å². The predicted octanol–water partition coefficient (Wildman–Crippen LogP) is 5.32. The fraction of sp³-hybridized carbons (Fsp3) is 0. The Labute approximate surface area is 198 Å². The van der Waals surface area contributed by atoms with Gasteiger partial charge >= 0.3 is 5.97 Å². The average Bonchev–Trinajstić information content (AvgIpc) is 2.90. The van der Waals surface area contributed by atoms with Gasteiger partial charge in [0.05, 0.1) is 10.9 Å². The van der Waals surface area contributed by atoms with Gasteiger partial charge in [-0.3, -0.25) is 5.84 Å². The average molecular weight is 460 g/mol. The summed E-state index contributed by atoms with van der Waals surface area (Å²) in [5.74, 6) is 10.1. The number of nitrogens with two attached hydrogens (primary N) is 2. The van der Waals surface area contributed by atoms with Crippen LogP contribution in [0.2, 0.25) is 0 Å². The number of rotatable bonds is 3. The molecule has 6 rings (SSSR count). The number of carboxylic acid groups (broad SMARTS) is 1. The van der Waals surface area contributed by atoms with Crippen molar-refractivity contribution in [3.05, 3.63) is 95.8 Å². The van der Waals surface area contributed by atoms with E-state index in [9.17, 15) is 9.90 Å². The minimum Gasteiger partial charge on any atom is -0.478 e. The highest BCUT2D eigenvalue weighted by Gasteiger charge is 2.20. The van der Waals surface area contributed by atoms with Gasteiger partial charge in [0.15, 0.2) is 0 Å². The Morgan fingerprint density at radius 3 is 2.09 bits per heavy atom. The molecular weight excluding hydrogens is 440 g/mol. The molecule has 170 valence electrons. The second-order valence-electron chi connectivity index (χ2n) is 8.33. The highest BCUT2D eigenvalue weighted by atomic mass is 16.4. The molecule has 1 heterocycles. The summed E-state index contributed by atoms with van der Waals surface area (Å²) >= 11 is 0. The van der Waals surface area contributed by atoms with E-state index in [1.165, 1.54) is 0 Å². The molecule has 6 N–H and O–H groups in total. The first kappa shape index (κ1) is 20.7. The summed E-state index contributed by atoms with van der Waals surface area (Å²) in [4.78, 5) is 12.2. The van der Waals surface area contributed by atoms with Crippen LogP contribution in [0.25, 0.3) is 54.6 Å². The van der Waals surface area contributed by atoms with Crippen molar-refractivity contribution in [1.82, 2.24) is 0 Å². The molecule has 0 amide bonds. The molecule has 1 aromatic heterocycles. The molecule has 0 saturated heterocycles. The van der Waals surface area contributed by atoms with Crippen LogP contribution in [0.1, 0.15) is 10.4 Å². The van der Waals surface area contributed by atoms with Crippen LogP contribution < -0.4 is 22.5 Å². The van der Waals surface area contributed by atoms with Crippen LogP contribution in [-0.4, -0.2) is 11.1 Å². The van der Waals surface area contributed by atoms with Crippen molar-refractivity contribution in [1.29, 1.82) is 0 Å². The molecule has 6 aromatic rings. The van der Waals surface area contributed by atoms with Crippen LogP contribution >= 0.6 is 0 Å². The maximum Gasteiger partial charge on any atom is 0.336 e. The third-order valence-corrected chi connectivity index (χ3v) is 6.41. The van der Waals surface area contributed by atoms with Gasteiger partial charge in [0.2, 0.25) is 0 Å². The summed E-state index contributed by atoms with van der Waals surface area (Å²) in [5, 5.41) is 19.7. The Bertz CT molecular complexity index is 1890. The van der Waals surface area contributed by atoms with Crippen molar-refractivity contribution >= 4 is 55.1 Å². The standard InChI is InChI=1S/C28H20N4O3/c29-31-17-7-11-19-15(13-17)5-9-23-25(21-3-1-2-4-22(21)28(33)34)24-10-6-16-14-18(32-30)8-12-20(16)27(24)35-26(19)23/h1-14,31H,29-30H2,(H,33,34)/b32-18-. The van der Waals surface area contributed by atoms with E-state index < -0.39 is 5.97 Å². The van der Waals surface area contributed by atoms with Crippen LogP contribution in [0, 0.1) is 0 Å². The molecule has 7 heteroatoms. The Kier molecular flexibility index (Phi) is 4.65. The summed E-state index contributed by atoms with van der Waals surface area (Å²) in [5.41, 5.74) is 6.41. The molecule has 5 aromatic carbocycles. The normalized spacial score (nSPS) is 12.1. The number of hydrogen-bond donors (Lipinski definition) is 4. The van der Waals surface area contributed by atoms with Crippen LogP contribution in [0.3, 0.4) is 0 Å².